The molecule has 0 aromatic carbocycles. The van der Waals surface area contributed by atoms with Crippen molar-refractivity contribution in [3.8, 4) is 0 Å². The summed E-state index contributed by atoms with van der Waals surface area (Å²) < 4.78 is 1.46. The summed E-state index contributed by atoms with van der Waals surface area (Å²) in [6, 6.07) is 0. The van der Waals surface area contributed by atoms with E-state index in [1.165, 1.54) is 17.3 Å². The third-order valence-corrected chi connectivity index (χ3v) is 3.82. The van der Waals surface area contributed by atoms with Gasteiger partial charge in [-0.1, -0.05) is 0 Å². The van der Waals surface area contributed by atoms with Gasteiger partial charge in [-0.15, -0.1) is 5.10 Å². The summed E-state index contributed by atoms with van der Waals surface area (Å²) >= 11 is 0. The van der Waals surface area contributed by atoms with Gasteiger partial charge in [-0.25, -0.2) is 0 Å². The second-order valence-corrected chi connectivity index (χ2v) is 5.12. The van der Waals surface area contributed by atoms with Crippen molar-refractivity contribution in [1.82, 2.24) is 14.7 Å². The molecule has 1 aliphatic rings. The molecule has 0 aliphatic heterocycles. The summed E-state index contributed by atoms with van der Waals surface area (Å²) in [5.41, 5.74) is 0.150. The minimum absolute atomic E-state index is 0.0331. The average Bonchev–Trinajstić information content (AvgIpc) is 2.57. The van der Waals surface area contributed by atoms with Crippen molar-refractivity contribution in [2.45, 2.75) is 24.8 Å². The molecule has 1 heterocycles. The van der Waals surface area contributed by atoms with Gasteiger partial charge in [0.15, 0.2) is 0 Å². The lowest BCUT2D eigenvalue weighted by Crippen LogP contribution is -2.54. The largest absolute Gasteiger partial charge is 0.361 e. The SMILES string of the molecule is CN(C)C1(CNc2nn(C)cc2[N+](=O)[O-])CCC1. The van der Waals surface area contributed by atoms with E-state index in [4.69, 9.17) is 0 Å². The molecule has 7 heteroatoms. The molecule has 18 heavy (non-hydrogen) atoms. The van der Waals surface area contributed by atoms with Gasteiger partial charge in [-0.2, -0.15) is 0 Å². The van der Waals surface area contributed by atoms with Crippen LogP contribution in [0.1, 0.15) is 19.3 Å². The Bertz CT molecular complexity index is 450. The molecule has 1 N–H and O–H groups in total. The van der Waals surface area contributed by atoms with Crippen LogP contribution in [0.5, 0.6) is 0 Å². The van der Waals surface area contributed by atoms with Gasteiger partial charge in [0.2, 0.25) is 5.82 Å². The van der Waals surface area contributed by atoms with Crippen LogP contribution in [-0.2, 0) is 7.05 Å². The Morgan fingerprint density at radius 2 is 2.28 bits per heavy atom. The van der Waals surface area contributed by atoms with E-state index in [9.17, 15) is 10.1 Å². The Kier molecular flexibility index (Phi) is 3.25. The highest BCUT2D eigenvalue weighted by Gasteiger charge is 2.39. The number of hydrogen-bond donors (Lipinski definition) is 1. The summed E-state index contributed by atoms with van der Waals surface area (Å²) in [7, 11) is 5.78. The van der Waals surface area contributed by atoms with Crippen molar-refractivity contribution >= 4 is 11.5 Å². The first-order chi connectivity index (χ1) is 8.44. The van der Waals surface area contributed by atoms with Crippen LogP contribution in [0.15, 0.2) is 6.20 Å². The number of anilines is 1. The number of nitrogens with zero attached hydrogens (tertiary/aromatic N) is 4. The second kappa shape index (κ2) is 4.56. The first-order valence-electron chi connectivity index (χ1n) is 6.04. The van der Waals surface area contributed by atoms with Crippen molar-refractivity contribution in [3.63, 3.8) is 0 Å². The third-order valence-electron chi connectivity index (χ3n) is 3.82. The molecule has 0 radical (unpaired) electrons. The molecule has 2 rings (SSSR count). The van der Waals surface area contributed by atoms with E-state index in [0.717, 1.165) is 12.8 Å². The molecule has 7 nitrogen and oxygen atoms in total. The number of likely N-dealkylation sites (N-methyl/N-ethyl adjacent to an activating group) is 1. The molecule has 1 aromatic rings. The van der Waals surface area contributed by atoms with Crippen LogP contribution in [0, 0.1) is 10.1 Å². The van der Waals surface area contributed by atoms with E-state index in [2.05, 4.69) is 15.3 Å². The van der Waals surface area contributed by atoms with E-state index in [0.29, 0.717) is 12.4 Å². The van der Waals surface area contributed by atoms with Crippen LogP contribution in [-0.4, -0.2) is 45.8 Å². The molecule has 100 valence electrons. The molecule has 0 spiro atoms. The quantitative estimate of drug-likeness (QED) is 0.630. The van der Waals surface area contributed by atoms with E-state index in [-0.39, 0.29) is 11.2 Å². The van der Waals surface area contributed by atoms with Crippen molar-refractivity contribution in [3.05, 3.63) is 16.3 Å². The number of rotatable bonds is 5. The highest BCUT2D eigenvalue weighted by Crippen LogP contribution is 2.36. The van der Waals surface area contributed by atoms with Crippen molar-refractivity contribution < 1.29 is 4.92 Å². The minimum atomic E-state index is -0.404. The second-order valence-electron chi connectivity index (χ2n) is 5.12. The van der Waals surface area contributed by atoms with Gasteiger partial charge in [-0.05, 0) is 33.4 Å². The maximum Gasteiger partial charge on any atom is 0.330 e. The van der Waals surface area contributed by atoms with Crippen LogP contribution < -0.4 is 5.32 Å². The van der Waals surface area contributed by atoms with Gasteiger partial charge in [0.25, 0.3) is 0 Å². The van der Waals surface area contributed by atoms with Crippen molar-refractivity contribution in [2.75, 3.05) is 26.0 Å². The average molecular weight is 253 g/mol. The van der Waals surface area contributed by atoms with E-state index in [1.54, 1.807) is 7.05 Å². The highest BCUT2D eigenvalue weighted by molar-refractivity contribution is 5.54. The van der Waals surface area contributed by atoms with E-state index < -0.39 is 4.92 Å². The Morgan fingerprint density at radius 3 is 2.72 bits per heavy atom. The Morgan fingerprint density at radius 1 is 1.61 bits per heavy atom. The van der Waals surface area contributed by atoms with Gasteiger partial charge in [-0.3, -0.25) is 14.8 Å². The Balaban J connectivity index is 2.08. The molecule has 0 bridgehead atoms. The zero-order valence-corrected chi connectivity index (χ0v) is 11.0. The van der Waals surface area contributed by atoms with Crippen LogP contribution in [0.2, 0.25) is 0 Å². The standard InChI is InChI=1S/C11H19N5O2/c1-14(2)11(5-4-6-11)8-12-10-9(16(17)18)7-15(3)13-10/h7H,4-6,8H2,1-3H3,(H,12,13). The molecule has 0 atom stereocenters. The van der Waals surface area contributed by atoms with Gasteiger partial charge in [0.1, 0.15) is 6.20 Å². The molecule has 1 fully saturated rings. The first kappa shape index (κ1) is 12.8. The molecule has 1 aliphatic carbocycles. The number of aromatic nitrogens is 2. The lowest BCUT2D eigenvalue weighted by atomic mass is 9.75. The van der Waals surface area contributed by atoms with E-state index in [1.807, 2.05) is 14.1 Å². The molecular formula is C11H19N5O2. The van der Waals surface area contributed by atoms with Gasteiger partial charge in [0, 0.05) is 19.1 Å². The normalized spacial score (nSPS) is 17.6. The fraction of sp³-hybridized carbons (Fsp3) is 0.727. The zero-order chi connectivity index (χ0) is 13.3. The monoisotopic (exact) mass is 253 g/mol. The summed E-state index contributed by atoms with van der Waals surface area (Å²) in [5.74, 6) is 0.357. The zero-order valence-electron chi connectivity index (χ0n) is 11.0. The molecule has 0 unspecified atom stereocenters. The highest BCUT2D eigenvalue weighted by atomic mass is 16.6. The molecular weight excluding hydrogens is 234 g/mol. The number of nitrogens with one attached hydrogen (secondary N) is 1. The number of nitro groups is 1. The Hall–Kier alpha value is -1.63. The summed E-state index contributed by atoms with van der Waals surface area (Å²) in [6.45, 7) is 0.692. The molecule has 0 amide bonds. The van der Waals surface area contributed by atoms with E-state index >= 15 is 0 Å². The molecule has 0 saturated heterocycles. The van der Waals surface area contributed by atoms with Gasteiger partial charge < -0.3 is 10.2 Å². The van der Waals surface area contributed by atoms with Crippen LogP contribution >= 0.6 is 0 Å². The predicted molar refractivity (Wildman–Crippen MR) is 68.6 cm³/mol. The van der Waals surface area contributed by atoms with Crippen LogP contribution in [0.4, 0.5) is 11.5 Å². The molecule has 1 aromatic heterocycles. The fourth-order valence-corrected chi connectivity index (χ4v) is 2.35. The summed E-state index contributed by atoms with van der Waals surface area (Å²) in [5, 5.41) is 18.1. The topological polar surface area (TPSA) is 76.2 Å². The lowest BCUT2D eigenvalue weighted by molar-refractivity contribution is -0.384. The van der Waals surface area contributed by atoms with Gasteiger partial charge in [0.05, 0.1) is 4.92 Å². The van der Waals surface area contributed by atoms with Gasteiger partial charge >= 0.3 is 5.69 Å². The minimum Gasteiger partial charge on any atom is -0.361 e. The molecule has 1 saturated carbocycles. The number of hydrogen-bond acceptors (Lipinski definition) is 5. The van der Waals surface area contributed by atoms with Crippen LogP contribution in [0.3, 0.4) is 0 Å². The maximum atomic E-state index is 10.9. The predicted octanol–water partition coefficient (Wildman–Crippen LogP) is 1.22. The number of aryl methyl sites for hydroxylation is 1. The van der Waals surface area contributed by atoms with Crippen molar-refractivity contribution in [1.29, 1.82) is 0 Å². The fourth-order valence-electron chi connectivity index (χ4n) is 2.35. The van der Waals surface area contributed by atoms with Crippen LogP contribution in [0.25, 0.3) is 0 Å². The maximum absolute atomic E-state index is 10.9. The first-order valence-corrected chi connectivity index (χ1v) is 6.04. The lowest BCUT2D eigenvalue weighted by Gasteiger charge is -2.47. The third kappa shape index (κ3) is 2.17. The summed E-state index contributed by atoms with van der Waals surface area (Å²) in [6.07, 6.45) is 4.87. The smallest absolute Gasteiger partial charge is 0.330 e. The van der Waals surface area contributed by atoms with Crippen molar-refractivity contribution in [2.24, 2.45) is 7.05 Å². The Labute approximate surface area is 106 Å². The summed E-state index contributed by atoms with van der Waals surface area (Å²) in [4.78, 5) is 12.7.